The highest BCUT2D eigenvalue weighted by Gasteiger charge is 2.48. The molecule has 0 saturated heterocycles. The van der Waals surface area contributed by atoms with Gasteiger partial charge in [-0.3, -0.25) is 4.79 Å². The minimum Gasteiger partial charge on any atom is -0.618 e. The van der Waals surface area contributed by atoms with E-state index >= 15 is 0 Å². The van der Waals surface area contributed by atoms with E-state index in [2.05, 4.69) is 5.32 Å². The van der Waals surface area contributed by atoms with E-state index in [1.807, 2.05) is 13.8 Å². The number of amides is 2. The highest BCUT2D eigenvalue weighted by atomic mass is 19.4. The summed E-state index contributed by atoms with van der Waals surface area (Å²) in [6.45, 7) is 9.59. The summed E-state index contributed by atoms with van der Waals surface area (Å²) in [6, 6.07) is 0.745. The average Bonchev–Trinajstić information content (AvgIpc) is 3.07. The zero-order valence-corrected chi connectivity index (χ0v) is 20.4. The van der Waals surface area contributed by atoms with Crippen molar-refractivity contribution in [2.45, 2.75) is 91.1 Å². The van der Waals surface area contributed by atoms with Crippen molar-refractivity contribution in [3.8, 4) is 0 Å². The van der Waals surface area contributed by atoms with Gasteiger partial charge < -0.3 is 20.2 Å². The number of fused-ring (bicyclic) bond motifs is 1. The van der Waals surface area contributed by atoms with Crippen molar-refractivity contribution in [2.24, 2.45) is 11.3 Å². The fourth-order valence-electron chi connectivity index (χ4n) is 5.22. The van der Waals surface area contributed by atoms with Gasteiger partial charge in [0.05, 0.1) is 18.4 Å². The summed E-state index contributed by atoms with van der Waals surface area (Å²) < 4.78 is 45.3. The number of halogens is 3. The molecule has 2 heterocycles. The number of nitrogens with zero attached hydrogens (tertiary/aromatic N) is 2. The molecule has 7 nitrogen and oxygen atoms in total. The van der Waals surface area contributed by atoms with Gasteiger partial charge in [-0.1, -0.05) is 13.8 Å². The van der Waals surface area contributed by atoms with Gasteiger partial charge in [-0.25, -0.2) is 4.79 Å². The lowest BCUT2D eigenvalue weighted by Crippen LogP contribution is -2.49. The van der Waals surface area contributed by atoms with Crippen LogP contribution in [0.4, 0.5) is 18.0 Å². The first kappa shape index (κ1) is 26.1. The van der Waals surface area contributed by atoms with Crippen LogP contribution in [-0.2, 0) is 28.7 Å². The van der Waals surface area contributed by atoms with E-state index < -0.39 is 28.8 Å². The minimum absolute atomic E-state index is 0.0374. The molecule has 2 amide bonds. The maximum absolute atomic E-state index is 13.8. The Labute approximate surface area is 198 Å². The van der Waals surface area contributed by atoms with Crippen molar-refractivity contribution < 1.29 is 32.2 Å². The third-order valence-corrected chi connectivity index (χ3v) is 6.40. The smallest absolute Gasteiger partial charge is 0.422 e. The highest BCUT2D eigenvalue weighted by molar-refractivity contribution is 5.83. The van der Waals surface area contributed by atoms with E-state index in [0.717, 1.165) is 6.07 Å². The molecule has 0 spiro atoms. The maximum Gasteiger partial charge on any atom is 0.422 e. The number of hydrogen-bond acceptors (Lipinski definition) is 4. The van der Waals surface area contributed by atoms with Gasteiger partial charge in [0.2, 0.25) is 5.91 Å². The molecule has 1 aliphatic carbocycles. The zero-order chi connectivity index (χ0) is 25.5. The molecule has 1 aromatic heterocycles. The first-order valence-electron chi connectivity index (χ1n) is 11.7. The van der Waals surface area contributed by atoms with Gasteiger partial charge >= 0.3 is 12.3 Å². The molecule has 1 aliphatic heterocycles. The van der Waals surface area contributed by atoms with Gasteiger partial charge in [0, 0.05) is 18.2 Å². The maximum atomic E-state index is 13.8. The third-order valence-electron chi connectivity index (χ3n) is 6.40. The van der Waals surface area contributed by atoms with Crippen molar-refractivity contribution in [1.82, 2.24) is 10.2 Å². The van der Waals surface area contributed by atoms with Crippen LogP contribution in [0.2, 0.25) is 0 Å². The Morgan fingerprint density at radius 3 is 2.59 bits per heavy atom. The number of ether oxygens (including phenoxy) is 1. The first-order chi connectivity index (χ1) is 15.6. The van der Waals surface area contributed by atoms with E-state index in [1.165, 1.54) is 0 Å². The molecule has 2 unspecified atom stereocenters. The quantitative estimate of drug-likeness (QED) is 0.508. The Morgan fingerprint density at radius 2 is 2.00 bits per heavy atom. The zero-order valence-electron chi connectivity index (χ0n) is 20.4. The summed E-state index contributed by atoms with van der Waals surface area (Å²) in [5.41, 5.74) is -1.88. The normalized spacial score (nSPS) is 23.1. The molecule has 0 bridgehead atoms. The SMILES string of the molecule is CC(C)CC1(C(=O)N2CCc3c(cc(C(F)(F)F)c[n+]3[O-])C2)CCC(NC(=O)OC(C)(C)C)C1. The minimum atomic E-state index is -4.64. The van der Waals surface area contributed by atoms with E-state index in [4.69, 9.17) is 4.74 Å². The molecular formula is C24H34F3N3O4. The topological polar surface area (TPSA) is 85.6 Å². The van der Waals surface area contributed by atoms with Crippen LogP contribution >= 0.6 is 0 Å². The molecule has 1 saturated carbocycles. The van der Waals surface area contributed by atoms with Crippen molar-refractivity contribution in [3.63, 3.8) is 0 Å². The second-order valence-electron chi connectivity index (χ2n) is 11.0. The molecule has 34 heavy (non-hydrogen) atoms. The fraction of sp³-hybridized carbons (Fsp3) is 0.708. The van der Waals surface area contributed by atoms with Crippen LogP contribution < -0.4 is 10.0 Å². The molecule has 1 N–H and O–H groups in total. The van der Waals surface area contributed by atoms with E-state index in [0.29, 0.717) is 31.9 Å². The summed E-state index contributed by atoms with van der Waals surface area (Å²) in [5.74, 6) is 0.0807. The number of carbonyl (C=O) groups is 2. The van der Waals surface area contributed by atoms with Crippen LogP contribution in [0.15, 0.2) is 12.3 Å². The second-order valence-corrected chi connectivity index (χ2v) is 11.0. The average molecular weight is 486 g/mol. The predicted molar refractivity (Wildman–Crippen MR) is 118 cm³/mol. The van der Waals surface area contributed by atoms with Crippen LogP contribution in [0.5, 0.6) is 0 Å². The number of nitrogens with one attached hydrogen (secondary N) is 1. The summed E-state index contributed by atoms with van der Waals surface area (Å²) in [4.78, 5) is 27.6. The lowest BCUT2D eigenvalue weighted by Gasteiger charge is -2.37. The van der Waals surface area contributed by atoms with E-state index in [9.17, 15) is 28.0 Å². The summed E-state index contributed by atoms with van der Waals surface area (Å²) in [7, 11) is 0. The van der Waals surface area contributed by atoms with E-state index in [1.54, 1.807) is 25.7 Å². The molecule has 3 rings (SSSR count). The number of pyridine rings is 1. The summed E-state index contributed by atoms with van der Waals surface area (Å²) in [5, 5.41) is 15.0. The molecular weight excluding hydrogens is 451 g/mol. The Balaban J connectivity index is 1.79. The standard InChI is InChI=1S/C24H34F3N3O4/c1-15(2)11-23(8-6-18(12-23)28-21(32)34-22(3,4)5)20(31)29-9-7-19-16(13-29)10-17(14-30(19)33)24(25,26)27/h10,14-15,18H,6-9,11-13H2,1-5H3,(H,28,32). The monoisotopic (exact) mass is 485 g/mol. The van der Waals surface area contributed by atoms with Crippen LogP contribution in [0.25, 0.3) is 0 Å². The van der Waals surface area contributed by atoms with E-state index in [-0.39, 0.29) is 53.4 Å². The van der Waals surface area contributed by atoms with Crippen molar-refractivity contribution in [2.75, 3.05) is 6.54 Å². The second kappa shape index (κ2) is 9.26. The van der Waals surface area contributed by atoms with Crippen molar-refractivity contribution in [1.29, 1.82) is 0 Å². The van der Waals surface area contributed by atoms with Gasteiger partial charge in [0.25, 0.3) is 0 Å². The number of rotatable bonds is 4. The molecule has 10 heteroatoms. The van der Waals surface area contributed by atoms with Gasteiger partial charge in [0.15, 0.2) is 11.9 Å². The Bertz CT molecular complexity index is 943. The molecule has 2 aliphatic rings. The van der Waals surface area contributed by atoms with Gasteiger partial charge in [-0.2, -0.15) is 17.9 Å². The van der Waals surface area contributed by atoms with Crippen LogP contribution in [0.1, 0.15) is 77.1 Å². The van der Waals surface area contributed by atoms with Crippen molar-refractivity contribution in [3.05, 3.63) is 34.3 Å². The molecule has 190 valence electrons. The highest BCUT2D eigenvalue weighted by Crippen LogP contribution is 2.45. The molecule has 0 aromatic carbocycles. The number of hydrogen-bond donors (Lipinski definition) is 1. The lowest BCUT2D eigenvalue weighted by atomic mass is 9.76. The predicted octanol–water partition coefficient (Wildman–Crippen LogP) is 4.33. The number of carbonyl (C=O) groups excluding carboxylic acids is 2. The van der Waals surface area contributed by atoms with Crippen LogP contribution in [0, 0.1) is 16.5 Å². The van der Waals surface area contributed by atoms with Gasteiger partial charge in [-0.15, -0.1) is 0 Å². The van der Waals surface area contributed by atoms with Crippen LogP contribution in [0.3, 0.4) is 0 Å². The van der Waals surface area contributed by atoms with Gasteiger partial charge in [0.1, 0.15) is 11.2 Å². The Kier molecular flexibility index (Phi) is 7.11. The van der Waals surface area contributed by atoms with Crippen molar-refractivity contribution >= 4 is 12.0 Å². The third kappa shape index (κ3) is 5.93. The molecule has 1 fully saturated rings. The molecule has 0 radical (unpaired) electrons. The van der Waals surface area contributed by atoms with Crippen LogP contribution in [-0.4, -0.2) is 35.1 Å². The fourth-order valence-corrected chi connectivity index (χ4v) is 5.22. The Morgan fingerprint density at radius 1 is 1.32 bits per heavy atom. The lowest BCUT2D eigenvalue weighted by molar-refractivity contribution is -0.616. The molecule has 2 atom stereocenters. The first-order valence-corrected chi connectivity index (χ1v) is 11.7. The summed E-state index contributed by atoms with van der Waals surface area (Å²) >= 11 is 0. The Hall–Kier alpha value is -2.52. The number of alkyl halides is 3. The van der Waals surface area contributed by atoms with Gasteiger partial charge in [-0.05, 0) is 58.4 Å². The molecule has 1 aromatic rings. The largest absolute Gasteiger partial charge is 0.618 e. The number of alkyl carbamates (subject to hydrolysis) is 1. The number of aromatic nitrogens is 1. The summed E-state index contributed by atoms with van der Waals surface area (Å²) in [6.07, 6.45) is -2.20.